The number of rotatable bonds is 8. The molecular formula is C13H18N4O3. The highest BCUT2D eigenvalue weighted by Crippen LogP contribution is 2.27. The van der Waals surface area contributed by atoms with Crippen LogP contribution in [-0.2, 0) is 4.74 Å². The van der Waals surface area contributed by atoms with E-state index < -0.39 is 4.92 Å². The van der Waals surface area contributed by atoms with E-state index >= 15 is 0 Å². The highest BCUT2D eigenvalue weighted by atomic mass is 16.6. The Morgan fingerprint density at radius 3 is 2.80 bits per heavy atom. The molecule has 20 heavy (non-hydrogen) atoms. The normalized spacial score (nSPS) is 10.3. The lowest BCUT2D eigenvalue weighted by molar-refractivity contribution is -0.384. The second kappa shape index (κ2) is 8.09. The summed E-state index contributed by atoms with van der Waals surface area (Å²) in [5.41, 5.74) is 0.196. The van der Waals surface area contributed by atoms with Crippen LogP contribution in [0.2, 0.25) is 0 Å². The van der Waals surface area contributed by atoms with Crippen molar-refractivity contribution in [2.24, 2.45) is 0 Å². The monoisotopic (exact) mass is 278 g/mol. The molecule has 0 amide bonds. The molecule has 0 aromatic heterocycles. The van der Waals surface area contributed by atoms with Crippen molar-refractivity contribution in [1.29, 1.82) is 5.26 Å². The highest BCUT2D eigenvalue weighted by molar-refractivity contribution is 5.68. The molecule has 0 aliphatic rings. The Kier molecular flexibility index (Phi) is 6.43. The van der Waals surface area contributed by atoms with Crippen molar-refractivity contribution in [3.05, 3.63) is 33.9 Å². The first-order valence-corrected chi connectivity index (χ1v) is 6.20. The topological polar surface area (TPSA) is 91.4 Å². The van der Waals surface area contributed by atoms with Crippen molar-refractivity contribution in [1.82, 2.24) is 4.90 Å². The Labute approximate surface area is 117 Å². The fourth-order valence-corrected chi connectivity index (χ4v) is 1.58. The molecule has 0 aliphatic heterocycles. The lowest BCUT2D eigenvalue weighted by atomic mass is 10.1. The largest absolute Gasteiger partial charge is 0.378 e. The van der Waals surface area contributed by atoms with Crippen LogP contribution in [0.3, 0.4) is 0 Å². The molecule has 108 valence electrons. The number of nitrogens with zero attached hydrogens (tertiary/aromatic N) is 3. The van der Waals surface area contributed by atoms with E-state index in [9.17, 15) is 10.1 Å². The molecule has 0 saturated carbocycles. The fraction of sp³-hybridized carbons (Fsp3) is 0.462. The lowest BCUT2D eigenvalue weighted by Gasteiger charge is -2.11. The Hall–Kier alpha value is -2.17. The summed E-state index contributed by atoms with van der Waals surface area (Å²) in [5.74, 6) is 0. The van der Waals surface area contributed by atoms with E-state index in [1.165, 1.54) is 6.07 Å². The second-order valence-corrected chi connectivity index (χ2v) is 4.41. The minimum Gasteiger partial charge on any atom is -0.378 e. The minimum absolute atomic E-state index is 0.0496. The molecule has 1 rings (SSSR count). The SMILES string of the molecule is CN(C)CCOCCNc1cccc(C#N)c1[N+](=O)[O-]. The summed E-state index contributed by atoms with van der Waals surface area (Å²) in [7, 11) is 3.91. The molecule has 0 atom stereocenters. The quantitative estimate of drug-likeness (QED) is 0.439. The van der Waals surface area contributed by atoms with Gasteiger partial charge >= 0.3 is 5.69 Å². The molecule has 7 nitrogen and oxygen atoms in total. The van der Waals surface area contributed by atoms with Crippen LogP contribution in [-0.4, -0.2) is 50.2 Å². The maximum Gasteiger partial charge on any atom is 0.309 e. The summed E-state index contributed by atoms with van der Waals surface area (Å²) in [6.07, 6.45) is 0. The number of para-hydroxylation sites is 1. The molecule has 0 radical (unpaired) electrons. The van der Waals surface area contributed by atoms with Gasteiger partial charge in [0.2, 0.25) is 0 Å². The first-order chi connectivity index (χ1) is 9.56. The number of nitro benzene ring substituents is 1. The Morgan fingerprint density at radius 2 is 2.20 bits per heavy atom. The number of nitriles is 1. The highest BCUT2D eigenvalue weighted by Gasteiger charge is 2.18. The van der Waals surface area contributed by atoms with Gasteiger partial charge in [-0.2, -0.15) is 5.26 Å². The average Bonchev–Trinajstić information content (AvgIpc) is 2.41. The van der Waals surface area contributed by atoms with Crippen molar-refractivity contribution < 1.29 is 9.66 Å². The number of hydrogen-bond donors (Lipinski definition) is 1. The minimum atomic E-state index is -0.548. The maximum atomic E-state index is 11.0. The van der Waals surface area contributed by atoms with Gasteiger partial charge < -0.3 is 15.0 Å². The van der Waals surface area contributed by atoms with Crippen molar-refractivity contribution in [2.75, 3.05) is 45.7 Å². The molecule has 0 spiro atoms. The Morgan fingerprint density at radius 1 is 1.45 bits per heavy atom. The van der Waals surface area contributed by atoms with Gasteiger partial charge in [-0.25, -0.2) is 0 Å². The molecule has 0 fully saturated rings. The van der Waals surface area contributed by atoms with Crippen LogP contribution in [0.4, 0.5) is 11.4 Å². The van der Waals surface area contributed by atoms with Crippen LogP contribution in [0.5, 0.6) is 0 Å². The fourth-order valence-electron chi connectivity index (χ4n) is 1.58. The number of likely N-dealkylation sites (N-methyl/N-ethyl adjacent to an activating group) is 1. The van der Waals surface area contributed by atoms with E-state index in [2.05, 4.69) is 5.32 Å². The van der Waals surface area contributed by atoms with Crippen molar-refractivity contribution in [3.8, 4) is 6.07 Å². The third-order valence-electron chi connectivity index (χ3n) is 2.58. The van der Waals surface area contributed by atoms with Gasteiger partial charge in [0.25, 0.3) is 0 Å². The van der Waals surface area contributed by atoms with E-state index in [1.807, 2.05) is 25.1 Å². The van der Waals surface area contributed by atoms with Crippen LogP contribution in [0, 0.1) is 21.4 Å². The molecular weight excluding hydrogens is 260 g/mol. The molecule has 0 saturated heterocycles. The van der Waals surface area contributed by atoms with Gasteiger partial charge in [0.1, 0.15) is 17.3 Å². The van der Waals surface area contributed by atoms with Crippen LogP contribution in [0.15, 0.2) is 18.2 Å². The summed E-state index contributed by atoms with van der Waals surface area (Å²) in [6.45, 7) is 2.32. The van der Waals surface area contributed by atoms with Gasteiger partial charge in [0.05, 0.1) is 18.1 Å². The molecule has 0 bridgehead atoms. The second-order valence-electron chi connectivity index (χ2n) is 4.41. The lowest BCUT2D eigenvalue weighted by Crippen LogP contribution is -2.20. The van der Waals surface area contributed by atoms with E-state index in [-0.39, 0.29) is 11.3 Å². The van der Waals surface area contributed by atoms with Gasteiger partial charge in [-0.1, -0.05) is 6.07 Å². The molecule has 0 unspecified atom stereocenters. The standard InChI is InChI=1S/C13H18N4O3/c1-16(2)7-9-20-8-6-15-12-5-3-4-11(10-14)13(12)17(18)19/h3-5,15H,6-9H2,1-2H3. The van der Waals surface area contributed by atoms with Crippen molar-refractivity contribution in [3.63, 3.8) is 0 Å². The third-order valence-corrected chi connectivity index (χ3v) is 2.58. The zero-order chi connectivity index (χ0) is 15.0. The molecule has 1 aromatic carbocycles. The zero-order valence-electron chi connectivity index (χ0n) is 11.6. The first-order valence-electron chi connectivity index (χ1n) is 6.20. The van der Waals surface area contributed by atoms with Crippen LogP contribution in [0.25, 0.3) is 0 Å². The molecule has 1 N–H and O–H groups in total. The maximum absolute atomic E-state index is 11.0. The number of nitro groups is 1. The van der Waals surface area contributed by atoms with Gasteiger partial charge in [0, 0.05) is 13.1 Å². The first kappa shape index (κ1) is 15.9. The number of ether oxygens (including phenoxy) is 1. The number of anilines is 1. The van der Waals surface area contributed by atoms with Crippen molar-refractivity contribution >= 4 is 11.4 Å². The summed E-state index contributed by atoms with van der Waals surface area (Å²) in [5, 5.41) is 22.8. The number of benzene rings is 1. The summed E-state index contributed by atoms with van der Waals surface area (Å²) >= 11 is 0. The van der Waals surface area contributed by atoms with Crippen LogP contribution < -0.4 is 5.32 Å². The molecule has 1 aromatic rings. The van der Waals surface area contributed by atoms with Gasteiger partial charge in [-0.15, -0.1) is 0 Å². The number of hydrogen-bond acceptors (Lipinski definition) is 6. The van der Waals surface area contributed by atoms with Gasteiger partial charge in [-0.05, 0) is 26.2 Å². The van der Waals surface area contributed by atoms with Crippen LogP contribution >= 0.6 is 0 Å². The Balaban J connectivity index is 2.52. The molecule has 0 heterocycles. The van der Waals surface area contributed by atoms with E-state index in [0.717, 1.165) is 6.54 Å². The summed E-state index contributed by atoms with van der Waals surface area (Å²) in [6, 6.07) is 6.44. The molecule has 0 aliphatic carbocycles. The summed E-state index contributed by atoms with van der Waals surface area (Å²) < 4.78 is 5.38. The zero-order valence-corrected chi connectivity index (χ0v) is 11.6. The Bertz CT molecular complexity index is 497. The smallest absolute Gasteiger partial charge is 0.309 e. The van der Waals surface area contributed by atoms with E-state index in [1.54, 1.807) is 12.1 Å². The number of nitrogens with one attached hydrogen (secondary N) is 1. The van der Waals surface area contributed by atoms with E-state index in [0.29, 0.717) is 25.4 Å². The average molecular weight is 278 g/mol. The van der Waals surface area contributed by atoms with Gasteiger partial charge in [-0.3, -0.25) is 10.1 Å². The predicted octanol–water partition coefficient (Wildman–Crippen LogP) is 1.46. The summed E-state index contributed by atoms with van der Waals surface area (Å²) in [4.78, 5) is 12.5. The predicted molar refractivity (Wildman–Crippen MR) is 75.7 cm³/mol. The van der Waals surface area contributed by atoms with Gasteiger partial charge in [0.15, 0.2) is 0 Å². The van der Waals surface area contributed by atoms with Crippen LogP contribution in [0.1, 0.15) is 5.56 Å². The van der Waals surface area contributed by atoms with Crippen molar-refractivity contribution in [2.45, 2.75) is 0 Å². The molecule has 7 heteroatoms. The third kappa shape index (κ3) is 4.84. The van der Waals surface area contributed by atoms with E-state index in [4.69, 9.17) is 10.00 Å².